The topological polar surface area (TPSA) is 101 Å². The molecule has 0 amide bonds. The number of carbonyl (C=O) groups is 3. The van der Waals surface area contributed by atoms with Gasteiger partial charge in [0.1, 0.15) is 12.8 Å². The van der Waals surface area contributed by atoms with E-state index in [9.17, 15) is 24.6 Å². The molecule has 0 radical (unpaired) electrons. The number of alkyl halides is 2. The summed E-state index contributed by atoms with van der Waals surface area (Å²) >= 11 is 0. The third kappa shape index (κ3) is 2.91. The van der Waals surface area contributed by atoms with Gasteiger partial charge >= 0.3 is 5.97 Å². The fraction of sp³-hybridized carbons (Fsp3) is 0.767. The molecule has 4 saturated carbocycles. The Morgan fingerprint density at radius 3 is 2.24 bits per heavy atom. The van der Waals surface area contributed by atoms with Gasteiger partial charge in [0.25, 0.3) is 0 Å². The van der Waals surface area contributed by atoms with Crippen LogP contribution in [-0.4, -0.2) is 57.9 Å². The van der Waals surface area contributed by atoms with E-state index in [1.807, 2.05) is 27.7 Å². The Balaban J connectivity index is 1.61. The van der Waals surface area contributed by atoms with Crippen molar-refractivity contribution in [3.05, 3.63) is 23.8 Å². The third-order valence-corrected chi connectivity index (χ3v) is 12.2. The summed E-state index contributed by atoms with van der Waals surface area (Å²) in [5.41, 5.74) is -7.56. The van der Waals surface area contributed by atoms with Crippen molar-refractivity contribution in [1.82, 2.24) is 0 Å². The van der Waals surface area contributed by atoms with Gasteiger partial charge in [-0.2, -0.15) is 0 Å². The van der Waals surface area contributed by atoms with Crippen LogP contribution >= 0.6 is 0 Å². The van der Waals surface area contributed by atoms with Crippen LogP contribution in [0.2, 0.25) is 0 Å². The lowest BCUT2D eigenvalue weighted by atomic mass is 9.44. The van der Waals surface area contributed by atoms with Gasteiger partial charge in [-0.15, -0.1) is 0 Å². The van der Waals surface area contributed by atoms with E-state index in [0.717, 1.165) is 6.08 Å². The van der Waals surface area contributed by atoms with E-state index in [1.54, 1.807) is 13.8 Å². The lowest BCUT2D eigenvalue weighted by Gasteiger charge is -2.63. The predicted molar refractivity (Wildman–Crippen MR) is 135 cm³/mol. The highest BCUT2D eigenvalue weighted by Gasteiger charge is 2.79. The number of halogens is 2. The van der Waals surface area contributed by atoms with Crippen LogP contribution in [0.15, 0.2) is 23.8 Å². The van der Waals surface area contributed by atoms with Gasteiger partial charge in [0.15, 0.2) is 17.1 Å². The molecule has 0 aromatic carbocycles. The van der Waals surface area contributed by atoms with Crippen molar-refractivity contribution in [2.24, 2.45) is 45.3 Å². The van der Waals surface area contributed by atoms with Crippen LogP contribution in [0.4, 0.5) is 8.78 Å². The van der Waals surface area contributed by atoms with E-state index in [4.69, 9.17) is 4.74 Å². The van der Waals surface area contributed by atoms with Crippen LogP contribution in [0, 0.1) is 45.3 Å². The molecule has 5 aliphatic carbocycles. The molecular formula is C30H40F2O6. The average molecular weight is 535 g/mol. The fourth-order valence-electron chi connectivity index (χ4n) is 9.51. The first-order chi connectivity index (χ1) is 17.4. The Labute approximate surface area is 222 Å². The number of Topliss-reactive ketones (excluding diaryl/α,β-unsaturated/α-hetero) is 1. The summed E-state index contributed by atoms with van der Waals surface area (Å²) in [6, 6.07) is 0. The zero-order valence-corrected chi connectivity index (χ0v) is 23.3. The first-order valence-electron chi connectivity index (χ1n) is 13.7. The highest BCUT2D eigenvalue weighted by Crippen LogP contribution is 2.73. The van der Waals surface area contributed by atoms with Gasteiger partial charge in [-0.3, -0.25) is 14.4 Å². The first-order valence-corrected chi connectivity index (χ1v) is 13.7. The number of fused-ring (bicyclic) bond motifs is 5. The van der Waals surface area contributed by atoms with E-state index in [1.165, 1.54) is 19.1 Å². The number of rotatable bonds is 4. The second kappa shape index (κ2) is 7.84. The summed E-state index contributed by atoms with van der Waals surface area (Å²) < 4.78 is 39.4. The molecule has 2 N–H and O–H groups in total. The van der Waals surface area contributed by atoms with Gasteiger partial charge < -0.3 is 14.9 Å². The molecule has 0 bridgehead atoms. The Kier molecular flexibility index (Phi) is 5.70. The van der Waals surface area contributed by atoms with Gasteiger partial charge in [-0.25, -0.2) is 8.78 Å². The number of aliphatic hydroxyl groups excluding tert-OH is 2. The summed E-state index contributed by atoms with van der Waals surface area (Å²) in [7, 11) is 0. The lowest BCUT2D eigenvalue weighted by Crippen LogP contribution is -2.71. The van der Waals surface area contributed by atoms with E-state index in [0.29, 0.717) is 0 Å². The minimum atomic E-state index is -2.30. The van der Waals surface area contributed by atoms with Crippen molar-refractivity contribution in [3.8, 4) is 0 Å². The van der Waals surface area contributed by atoms with Crippen LogP contribution in [0.25, 0.3) is 0 Å². The number of aliphatic hydroxyl groups is 2. The smallest absolute Gasteiger partial charge is 0.311 e. The molecule has 9 atom stereocenters. The number of hydrogen-bond acceptors (Lipinski definition) is 6. The number of hydrogen-bond donors (Lipinski definition) is 2. The van der Waals surface area contributed by atoms with Crippen LogP contribution < -0.4 is 0 Å². The van der Waals surface area contributed by atoms with Crippen LogP contribution in [0.5, 0.6) is 0 Å². The number of carbonyl (C=O) groups excluding carboxylic acids is 3. The van der Waals surface area contributed by atoms with Crippen molar-refractivity contribution in [1.29, 1.82) is 0 Å². The monoisotopic (exact) mass is 534 g/mol. The molecule has 6 nitrogen and oxygen atoms in total. The quantitative estimate of drug-likeness (QED) is 0.528. The van der Waals surface area contributed by atoms with E-state index in [-0.39, 0.29) is 35.7 Å². The minimum absolute atomic E-state index is 0.0276. The van der Waals surface area contributed by atoms with Gasteiger partial charge in [-0.05, 0) is 60.7 Å². The van der Waals surface area contributed by atoms with Crippen molar-refractivity contribution < 1.29 is 38.1 Å². The highest BCUT2D eigenvalue weighted by molar-refractivity contribution is 6.01. The van der Waals surface area contributed by atoms with Gasteiger partial charge in [0.2, 0.25) is 5.78 Å². The minimum Gasteiger partial charge on any atom is -0.450 e. The van der Waals surface area contributed by atoms with Crippen molar-refractivity contribution in [2.45, 2.75) is 91.3 Å². The number of ether oxygens (including phenoxy) is 1. The van der Waals surface area contributed by atoms with Crippen LogP contribution in [-0.2, 0) is 19.1 Å². The molecule has 0 heterocycles. The molecule has 0 unspecified atom stereocenters. The Hall–Kier alpha value is -1.93. The van der Waals surface area contributed by atoms with E-state index < -0.39 is 82.2 Å². The molecule has 5 rings (SSSR count). The molecule has 210 valence electrons. The predicted octanol–water partition coefficient (Wildman–Crippen LogP) is 4.08. The molecule has 5 aliphatic rings. The Morgan fingerprint density at radius 2 is 1.68 bits per heavy atom. The second-order valence-electron chi connectivity index (χ2n) is 14.1. The maximum absolute atomic E-state index is 17.4. The number of ketones is 2. The van der Waals surface area contributed by atoms with E-state index in [2.05, 4.69) is 0 Å². The van der Waals surface area contributed by atoms with Crippen molar-refractivity contribution >= 4 is 17.5 Å². The Morgan fingerprint density at radius 1 is 1.08 bits per heavy atom. The summed E-state index contributed by atoms with van der Waals surface area (Å²) in [6.45, 7) is 12.0. The summed E-state index contributed by atoms with van der Waals surface area (Å²) in [5, 5.41) is 21.6. The van der Waals surface area contributed by atoms with Gasteiger partial charge in [-0.1, -0.05) is 47.6 Å². The summed E-state index contributed by atoms with van der Waals surface area (Å²) in [6.07, 6.45) is 0.287. The molecule has 0 aromatic rings. The summed E-state index contributed by atoms with van der Waals surface area (Å²) in [5.74, 6) is -4.32. The number of esters is 1. The highest BCUT2D eigenvalue weighted by atomic mass is 19.1. The normalized spacial score (nSPS) is 48.4. The maximum Gasteiger partial charge on any atom is 0.311 e. The SMILES string of the molecule is C[C@@H]1C[C@H]2[C@@H]3C[C@H](F)C4=CC(=O)C=C[C@]4(C)[C@@]3(F)[C@@H](O)C[C@]2(C)[C@@]1(OC(=O)C1C(C)(C)C1(C)C)C(=O)CO. The molecule has 0 aromatic heterocycles. The summed E-state index contributed by atoms with van der Waals surface area (Å²) in [4.78, 5) is 39.3. The molecular weight excluding hydrogens is 494 g/mol. The van der Waals surface area contributed by atoms with Crippen LogP contribution in [0.1, 0.15) is 67.7 Å². The molecule has 0 spiro atoms. The van der Waals surface area contributed by atoms with E-state index >= 15 is 8.78 Å². The Bertz CT molecular complexity index is 1160. The largest absolute Gasteiger partial charge is 0.450 e. The van der Waals surface area contributed by atoms with Crippen molar-refractivity contribution in [3.63, 3.8) is 0 Å². The molecule has 8 heteroatoms. The lowest BCUT2D eigenvalue weighted by molar-refractivity contribution is -0.232. The van der Waals surface area contributed by atoms with Gasteiger partial charge in [0, 0.05) is 22.7 Å². The zero-order chi connectivity index (χ0) is 28.4. The fourth-order valence-corrected chi connectivity index (χ4v) is 9.51. The maximum atomic E-state index is 17.4. The molecule has 38 heavy (non-hydrogen) atoms. The molecule has 4 fully saturated rings. The van der Waals surface area contributed by atoms with Gasteiger partial charge in [0.05, 0.1) is 12.0 Å². The standard InChI is InChI=1S/C30H40F2O6/c1-15-10-17-18-12-20(31)19-11-16(34)8-9-27(19,6)29(18,32)21(35)13-28(17,7)30(15,22(36)14-33)38-24(37)23-25(2,3)26(23,4)5/h8-9,11,15,17-18,20-21,23,33,35H,10,12-14H2,1-7H3/t15-,17+,18+,20+,21+,27+,28+,29+,30+/m1/s1. The first kappa shape index (κ1) is 27.6. The number of allylic oxidation sites excluding steroid dienone is 4. The average Bonchev–Trinajstić information content (AvgIpc) is 3.13. The zero-order valence-electron chi connectivity index (χ0n) is 23.3. The van der Waals surface area contributed by atoms with Crippen LogP contribution in [0.3, 0.4) is 0 Å². The molecule has 0 saturated heterocycles. The molecule has 0 aliphatic heterocycles. The van der Waals surface area contributed by atoms with Crippen molar-refractivity contribution in [2.75, 3.05) is 6.61 Å². The third-order valence-electron chi connectivity index (χ3n) is 12.2. The second-order valence-corrected chi connectivity index (χ2v) is 14.1.